The molecule has 3 heteroatoms. The summed E-state index contributed by atoms with van der Waals surface area (Å²) in [6, 6.07) is 27.2. The van der Waals surface area contributed by atoms with E-state index < -0.39 is 0 Å². The van der Waals surface area contributed by atoms with Crippen molar-refractivity contribution in [3.63, 3.8) is 0 Å². The van der Waals surface area contributed by atoms with Crippen LogP contribution in [0.5, 0.6) is 11.5 Å². The van der Waals surface area contributed by atoms with Crippen molar-refractivity contribution in [3.8, 4) is 11.5 Å². The molecule has 0 heterocycles. The second kappa shape index (κ2) is 10.5. The van der Waals surface area contributed by atoms with Gasteiger partial charge in [0.1, 0.15) is 11.5 Å². The van der Waals surface area contributed by atoms with Gasteiger partial charge in [-0.15, -0.1) is 0 Å². The molecule has 4 aromatic carbocycles. The van der Waals surface area contributed by atoms with Crippen LogP contribution in [0.3, 0.4) is 0 Å². The van der Waals surface area contributed by atoms with E-state index >= 15 is 0 Å². The third-order valence-corrected chi connectivity index (χ3v) is 5.12. The van der Waals surface area contributed by atoms with Gasteiger partial charge in [0.15, 0.2) is 0 Å². The third-order valence-electron chi connectivity index (χ3n) is 5.12. The lowest BCUT2D eigenvalue weighted by atomic mass is 9.97. The van der Waals surface area contributed by atoms with Gasteiger partial charge in [-0.25, -0.2) is 0 Å². The first kappa shape index (κ1) is 20.7. The normalized spacial score (nSPS) is 13.8. The molecule has 0 radical (unpaired) electrons. The maximum absolute atomic E-state index is 9.13. The minimum Gasteiger partial charge on any atom is -0.508 e. The first-order chi connectivity index (χ1) is 14.1. The predicted octanol–water partition coefficient (Wildman–Crippen LogP) is 6.37. The van der Waals surface area contributed by atoms with Crippen LogP contribution in [0.2, 0.25) is 0 Å². The summed E-state index contributed by atoms with van der Waals surface area (Å²) in [4.78, 5) is 0. The Morgan fingerprint density at radius 2 is 0.966 bits per heavy atom. The molecular formula is C26H29NO2. The van der Waals surface area contributed by atoms with Crippen LogP contribution in [0.25, 0.3) is 21.5 Å². The third kappa shape index (κ3) is 6.51. The van der Waals surface area contributed by atoms with Crippen molar-refractivity contribution in [1.82, 2.24) is 0 Å². The number of hydrogen-bond acceptors (Lipinski definition) is 3. The van der Waals surface area contributed by atoms with Crippen LogP contribution in [0.15, 0.2) is 84.9 Å². The number of fused-ring (bicyclic) bond motifs is 2. The summed E-state index contributed by atoms with van der Waals surface area (Å²) >= 11 is 0. The standard InChI is InChI=1S/2C10H8O.C6H13N/c2*11-10-6-5-8-3-1-2-4-9(8)7-10;7-6-4-2-1-3-5-6/h2*1-7,11H;6H,1-5,7H2. The Bertz CT molecular complexity index is 961. The van der Waals surface area contributed by atoms with E-state index in [2.05, 4.69) is 0 Å². The van der Waals surface area contributed by atoms with Crippen LogP contribution in [0.4, 0.5) is 0 Å². The summed E-state index contributed by atoms with van der Waals surface area (Å²) in [5.74, 6) is 0.646. The highest BCUT2D eigenvalue weighted by Crippen LogP contribution is 2.19. The van der Waals surface area contributed by atoms with Gasteiger partial charge in [-0.05, 0) is 58.7 Å². The first-order valence-electron chi connectivity index (χ1n) is 10.2. The molecule has 0 aromatic heterocycles. The second-order valence-electron chi connectivity index (χ2n) is 7.46. The maximum Gasteiger partial charge on any atom is 0.116 e. The molecule has 4 N–H and O–H groups in total. The van der Waals surface area contributed by atoms with Gasteiger partial charge in [0.25, 0.3) is 0 Å². The van der Waals surface area contributed by atoms with Crippen LogP contribution in [0, 0.1) is 0 Å². The largest absolute Gasteiger partial charge is 0.508 e. The molecule has 0 unspecified atom stereocenters. The Labute approximate surface area is 172 Å². The van der Waals surface area contributed by atoms with Crippen LogP contribution in [-0.2, 0) is 0 Å². The van der Waals surface area contributed by atoms with E-state index in [4.69, 9.17) is 15.9 Å². The number of hydrogen-bond donors (Lipinski definition) is 3. The lowest BCUT2D eigenvalue weighted by molar-refractivity contribution is 0.441. The van der Waals surface area contributed by atoms with Gasteiger partial charge in [-0.2, -0.15) is 0 Å². The topological polar surface area (TPSA) is 66.5 Å². The molecule has 1 aliphatic rings. The summed E-state index contributed by atoms with van der Waals surface area (Å²) < 4.78 is 0. The summed E-state index contributed by atoms with van der Waals surface area (Å²) in [7, 11) is 0. The van der Waals surface area contributed by atoms with Gasteiger partial charge >= 0.3 is 0 Å². The number of benzene rings is 4. The molecule has 0 saturated heterocycles. The Morgan fingerprint density at radius 3 is 1.34 bits per heavy atom. The fraction of sp³-hybridized carbons (Fsp3) is 0.231. The van der Waals surface area contributed by atoms with Crippen molar-refractivity contribution in [2.75, 3.05) is 0 Å². The van der Waals surface area contributed by atoms with Gasteiger partial charge in [0.05, 0.1) is 0 Å². The number of rotatable bonds is 0. The van der Waals surface area contributed by atoms with Gasteiger partial charge in [-0.3, -0.25) is 0 Å². The van der Waals surface area contributed by atoms with Crippen molar-refractivity contribution in [2.24, 2.45) is 5.73 Å². The van der Waals surface area contributed by atoms with Crippen LogP contribution >= 0.6 is 0 Å². The summed E-state index contributed by atoms with van der Waals surface area (Å²) in [5.41, 5.74) is 5.63. The maximum atomic E-state index is 9.13. The van der Waals surface area contributed by atoms with Crippen molar-refractivity contribution < 1.29 is 10.2 Å². The molecule has 0 bridgehead atoms. The van der Waals surface area contributed by atoms with E-state index in [-0.39, 0.29) is 0 Å². The van der Waals surface area contributed by atoms with E-state index in [9.17, 15) is 0 Å². The number of phenolic OH excluding ortho intramolecular Hbond substituents is 2. The summed E-state index contributed by atoms with van der Waals surface area (Å²) in [5, 5.41) is 22.7. The van der Waals surface area contributed by atoms with Crippen molar-refractivity contribution in [1.29, 1.82) is 0 Å². The first-order valence-corrected chi connectivity index (χ1v) is 10.2. The molecule has 0 aliphatic heterocycles. The Kier molecular flexibility index (Phi) is 7.48. The average molecular weight is 388 g/mol. The van der Waals surface area contributed by atoms with E-state index in [0.29, 0.717) is 17.5 Å². The second-order valence-corrected chi connectivity index (χ2v) is 7.46. The van der Waals surface area contributed by atoms with Crippen LogP contribution in [-0.4, -0.2) is 16.3 Å². The molecule has 1 saturated carbocycles. The molecule has 150 valence electrons. The van der Waals surface area contributed by atoms with E-state index in [1.54, 1.807) is 24.3 Å². The lowest BCUT2D eigenvalue weighted by Gasteiger charge is -2.15. The number of aromatic hydroxyl groups is 2. The molecule has 0 amide bonds. The zero-order chi connectivity index (χ0) is 20.5. The zero-order valence-corrected chi connectivity index (χ0v) is 16.7. The summed E-state index contributed by atoms with van der Waals surface area (Å²) in [6.45, 7) is 0. The SMILES string of the molecule is NC1CCCCC1.Oc1ccc2ccccc2c1.Oc1ccc2ccccc2c1. The highest BCUT2D eigenvalue weighted by atomic mass is 16.3. The fourth-order valence-electron chi connectivity index (χ4n) is 3.49. The molecule has 5 rings (SSSR count). The van der Waals surface area contributed by atoms with Crippen LogP contribution in [0.1, 0.15) is 32.1 Å². The molecule has 0 spiro atoms. The van der Waals surface area contributed by atoms with Crippen molar-refractivity contribution in [3.05, 3.63) is 84.9 Å². The highest BCUT2D eigenvalue weighted by Gasteiger charge is 2.06. The monoisotopic (exact) mass is 387 g/mol. The Balaban J connectivity index is 0.000000128. The molecular weight excluding hydrogens is 358 g/mol. The fourth-order valence-corrected chi connectivity index (χ4v) is 3.49. The predicted molar refractivity (Wildman–Crippen MR) is 122 cm³/mol. The van der Waals surface area contributed by atoms with Crippen molar-refractivity contribution >= 4 is 21.5 Å². The molecule has 0 atom stereocenters. The van der Waals surface area contributed by atoms with Gasteiger partial charge < -0.3 is 15.9 Å². The van der Waals surface area contributed by atoms with E-state index in [0.717, 1.165) is 21.5 Å². The number of phenols is 2. The molecule has 1 fully saturated rings. The zero-order valence-electron chi connectivity index (χ0n) is 16.7. The minimum absolute atomic E-state index is 0.323. The highest BCUT2D eigenvalue weighted by molar-refractivity contribution is 5.84. The Hall–Kier alpha value is -3.04. The smallest absolute Gasteiger partial charge is 0.116 e. The van der Waals surface area contributed by atoms with Gasteiger partial charge in [0.2, 0.25) is 0 Å². The van der Waals surface area contributed by atoms with Gasteiger partial charge in [-0.1, -0.05) is 79.9 Å². The lowest BCUT2D eigenvalue weighted by Crippen LogP contribution is -2.22. The minimum atomic E-state index is 0.323. The molecule has 1 aliphatic carbocycles. The van der Waals surface area contributed by atoms with E-state index in [1.807, 2.05) is 60.7 Å². The number of nitrogens with two attached hydrogens (primary N) is 1. The molecule has 29 heavy (non-hydrogen) atoms. The van der Waals surface area contributed by atoms with E-state index in [1.165, 1.54) is 32.1 Å². The Morgan fingerprint density at radius 1 is 0.552 bits per heavy atom. The summed E-state index contributed by atoms with van der Waals surface area (Å²) in [6.07, 6.45) is 6.66. The van der Waals surface area contributed by atoms with Gasteiger partial charge in [0, 0.05) is 6.04 Å². The van der Waals surface area contributed by atoms with Crippen LogP contribution < -0.4 is 5.73 Å². The van der Waals surface area contributed by atoms with Crippen molar-refractivity contribution in [2.45, 2.75) is 38.1 Å². The quantitative estimate of drug-likeness (QED) is 0.328. The molecule has 3 nitrogen and oxygen atoms in total. The molecule has 4 aromatic rings. The average Bonchev–Trinajstić information content (AvgIpc) is 2.75.